The number of carbonyl (C=O) groups excluding carboxylic acids is 1. The van der Waals surface area contributed by atoms with E-state index in [0.29, 0.717) is 0 Å². The van der Waals surface area contributed by atoms with Gasteiger partial charge in [0.25, 0.3) is 5.95 Å². The molecule has 23 heavy (non-hydrogen) atoms. The van der Waals surface area contributed by atoms with Gasteiger partial charge in [-0.15, -0.1) is 0 Å². The average molecular weight is 336 g/mol. The molecule has 0 aliphatic heterocycles. The van der Waals surface area contributed by atoms with E-state index in [0.717, 1.165) is 0 Å². The fourth-order valence-electron chi connectivity index (χ4n) is 2.04. The van der Waals surface area contributed by atoms with E-state index in [-0.39, 0.29) is 27.6 Å². The van der Waals surface area contributed by atoms with Crippen LogP contribution in [0.1, 0.15) is 6.92 Å². The Morgan fingerprint density at radius 2 is 1.83 bits per heavy atom. The molecule has 0 spiro atoms. The van der Waals surface area contributed by atoms with Gasteiger partial charge in [0.1, 0.15) is 0 Å². The fraction of sp³-hybridized carbons (Fsp3) is 0.188. The summed E-state index contributed by atoms with van der Waals surface area (Å²) in [6.45, 7) is 1.75. The Labute approximate surface area is 134 Å². The van der Waals surface area contributed by atoms with E-state index >= 15 is 0 Å². The lowest BCUT2D eigenvalue weighted by atomic mass is 10.1. The molecule has 0 saturated heterocycles. The van der Waals surface area contributed by atoms with Crippen molar-refractivity contribution in [3.05, 3.63) is 64.5 Å². The van der Waals surface area contributed by atoms with Crippen LogP contribution in [0.15, 0.2) is 69.4 Å². The van der Waals surface area contributed by atoms with Gasteiger partial charge in [-0.3, -0.25) is 0 Å². The van der Waals surface area contributed by atoms with Crippen molar-refractivity contribution < 1.29 is 27.8 Å². The molecule has 1 aliphatic rings. The zero-order chi connectivity index (χ0) is 17.0. The predicted molar refractivity (Wildman–Crippen MR) is 83.1 cm³/mol. The molecule has 0 aromatic heterocycles. The number of carbonyl (C=O) groups is 1. The predicted octanol–water partition coefficient (Wildman–Crippen LogP) is 2.26. The second kappa shape index (κ2) is 6.70. The van der Waals surface area contributed by atoms with Gasteiger partial charge in [0.2, 0.25) is 9.84 Å². The molecular formula is C16H16O6S. The van der Waals surface area contributed by atoms with Crippen molar-refractivity contribution in [3.63, 3.8) is 0 Å². The molecule has 0 atom stereocenters. The van der Waals surface area contributed by atoms with Gasteiger partial charge >= 0.3 is 5.97 Å². The van der Waals surface area contributed by atoms with E-state index in [1.165, 1.54) is 31.4 Å². The summed E-state index contributed by atoms with van der Waals surface area (Å²) in [5.41, 5.74) is -0.0961. The van der Waals surface area contributed by atoms with E-state index in [4.69, 9.17) is 9.47 Å². The SMILES string of the molecule is CCOC(=O)C1=CC(S(=O)(=O)c2ccccc2)=C/C1=C(/O)OC. The molecule has 0 amide bonds. The van der Waals surface area contributed by atoms with Crippen molar-refractivity contribution in [1.82, 2.24) is 0 Å². The number of hydrogen-bond acceptors (Lipinski definition) is 6. The molecule has 1 aromatic carbocycles. The number of ether oxygens (including phenoxy) is 2. The third kappa shape index (κ3) is 3.29. The van der Waals surface area contributed by atoms with Crippen LogP contribution in [0.25, 0.3) is 0 Å². The number of aliphatic hydroxyl groups excluding tert-OH is 1. The summed E-state index contributed by atoms with van der Waals surface area (Å²) in [5.74, 6) is -1.29. The van der Waals surface area contributed by atoms with Crippen molar-refractivity contribution in [2.75, 3.05) is 13.7 Å². The summed E-state index contributed by atoms with van der Waals surface area (Å²) >= 11 is 0. The second-order valence-corrected chi connectivity index (χ2v) is 6.51. The van der Waals surface area contributed by atoms with Crippen molar-refractivity contribution in [2.24, 2.45) is 0 Å². The highest BCUT2D eigenvalue weighted by molar-refractivity contribution is 7.95. The van der Waals surface area contributed by atoms with Gasteiger partial charge in [0.15, 0.2) is 0 Å². The third-order valence-electron chi connectivity index (χ3n) is 3.15. The minimum atomic E-state index is -3.82. The normalized spacial score (nSPS) is 16.4. The monoisotopic (exact) mass is 336 g/mol. The lowest BCUT2D eigenvalue weighted by Crippen LogP contribution is -2.09. The maximum Gasteiger partial charge on any atom is 0.339 e. The fourth-order valence-corrected chi connectivity index (χ4v) is 3.37. The molecule has 1 aromatic rings. The molecule has 0 fully saturated rings. The first-order chi connectivity index (χ1) is 10.9. The Morgan fingerprint density at radius 3 is 2.39 bits per heavy atom. The molecule has 0 saturated carbocycles. The number of rotatable bonds is 5. The van der Waals surface area contributed by atoms with Crippen molar-refractivity contribution >= 4 is 15.8 Å². The van der Waals surface area contributed by atoms with Crippen LogP contribution in [-0.2, 0) is 24.1 Å². The summed E-state index contributed by atoms with van der Waals surface area (Å²) in [6, 6.07) is 7.80. The zero-order valence-corrected chi connectivity index (χ0v) is 13.5. The number of methoxy groups -OCH3 is 1. The highest BCUT2D eigenvalue weighted by Gasteiger charge is 2.30. The summed E-state index contributed by atoms with van der Waals surface area (Å²) < 4.78 is 34.8. The van der Waals surface area contributed by atoms with E-state index < -0.39 is 21.8 Å². The Kier molecular flexibility index (Phi) is 4.90. The van der Waals surface area contributed by atoms with Crippen LogP contribution >= 0.6 is 0 Å². The quantitative estimate of drug-likeness (QED) is 0.655. The van der Waals surface area contributed by atoms with E-state index in [1.54, 1.807) is 25.1 Å². The van der Waals surface area contributed by atoms with Gasteiger partial charge in [-0.1, -0.05) is 18.2 Å². The zero-order valence-electron chi connectivity index (χ0n) is 12.6. The molecule has 0 unspecified atom stereocenters. The molecule has 0 heterocycles. The summed E-state index contributed by atoms with van der Waals surface area (Å²) in [5, 5.41) is 9.77. The Morgan fingerprint density at radius 1 is 1.17 bits per heavy atom. The first-order valence-corrected chi connectivity index (χ1v) is 8.28. The van der Waals surface area contributed by atoms with Crippen LogP contribution in [-0.4, -0.2) is 33.2 Å². The molecular weight excluding hydrogens is 320 g/mol. The molecule has 0 radical (unpaired) electrons. The van der Waals surface area contributed by atoms with Crippen molar-refractivity contribution in [3.8, 4) is 0 Å². The Balaban J connectivity index is 2.54. The lowest BCUT2D eigenvalue weighted by Gasteiger charge is -2.06. The third-order valence-corrected chi connectivity index (χ3v) is 4.90. The van der Waals surface area contributed by atoms with Crippen molar-refractivity contribution in [2.45, 2.75) is 11.8 Å². The topological polar surface area (TPSA) is 89.9 Å². The molecule has 0 bridgehead atoms. The number of aliphatic hydroxyl groups is 1. The van der Waals surface area contributed by atoms with Crippen LogP contribution in [0, 0.1) is 0 Å². The van der Waals surface area contributed by atoms with Crippen LogP contribution in [0.3, 0.4) is 0 Å². The van der Waals surface area contributed by atoms with E-state index in [2.05, 4.69) is 0 Å². The van der Waals surface area contributed by atoms with Gasteiger partial charge < -0.3 is 14.6 Å². The molecule has 122 valence electrons. The van der Waals surface area contributed by atoms with Gasteiger partial charge in [-0.25, -0.2) is 13.2 Å². The number of hydrogen-bond donors (Lipinski definition) is 1. The summed E-state index contributed by atoms with van der Waals surface area (Å²) in [7, 11) is -2.61. The maximum atomic E-state index is 12.6. The smallest absolute Gasteiger partial charge is 0.339 e. The van der Waals surface area contributed by atoms with Crippen molar-refractivity contribution in [1.29, 1.82) is 0 Å². The maximum absolute atomic E-state index is 12.6. The highest BCUT2D eigenvalue weighted by Crippen LogP contribution is 2.32. The number of allylic oxidation sites excluding steroid dienone is 2. The van der Waals surface area contributed by atoms with E-state index in [1.807, 2.05) is 0 Å². The Bertz CT molecular complexity index is 800. The van der Waals surface area contributed by atoms with Gasteiger partial charge in [-0.2, -0.15) is 0 Å². The second-order valence-electron chi connectivity index (χ2n) is 4.56. The summed E-state index contributed by atoms with van der Waals surface area (Å²) in [6.07, 6.45) is 2.36. The summed E-state index contributed by atoms with van der Waals surface area (Å²) in [4.78, 5) is 11.9. The van der Waals surface area contributed by atoms with Crippen LogP contribution in [0.2, 0.25) is 0 Å². The van der Waals surface area contributed by atoms with Gasteiger partial charge in [-0.05, 0) is 31.2 Å². The first-order valence-electron chi connectivity index (χ1n) is 6.80. The first kappa shape index (κ1) is 16.8. The van der Waals surface area contributed by atoms with Crippen LogP contribution in [0.4, 0.5) is 0 Å². The molecule has 1 N–H and O–H groups in total. The van der Waals surface area contributed by atoms with Crippen LogP contribution in [0.5, 0.6) is 0 Å². The minimum absolute atomic E-state index is 0.0274. The minimum Gasteiger partial charge on any atom is -0.481 e. The standard InChI is InChI=1S/C16H16O6S/c1-3-22-16(18)14-10-12(9-13(14)15(17)21-2)23(19,20)11-7-5-4-6-8-11/h4-10,17H,3H2,1-2H3/b15-13+. The molecule has 6 nitrogen and oxygen atoms in total. The largest absolute Gasteiger partial charge is 0.481 e. The molecule has 1 aliphatic carbocycles. The molecule has 2 rings (SSSR count). The Hall–Kier alpha value is -2.54. The highest BCUT2D eigenvalue weighted by atomic mass is 32.2. The number of esters is 1. The number of benzene rings is 1. The average Bonchev–Trinajstić information content (AvgIpc) is 3.01. The van der Waals surface area contributed by atoms with Gasteiger partial charge in [0, 0.05) is 0 Å². The van der Waals surface area contributed by atoms with Gasteiger partial charge in [0.05, 0.1) is 34.7 Å². The van der Waals surface area contributed by atoms with Crippen LogP contribution < -0.4 is 0 Å². The number of sulfone groups is 1. The van der Waals surface area contributed by atoms with E-state index in [9.17, 15) is 18.3 Å². The molecule has 7 heteroatoms. The lowest BCUT2D eigenvalue weighted by molar-refractivity contribution is -0.138.